The van der Waals surface area contributed by atoms with Crippen molar-refractivity contribution in [3.63, 3.8) is 0 Å². The topological polar surface area (TPSA) is 0 Å². The van der Waals surface area contributed by atoms with Crippen molar-refractivity contribution in [1.29, 1.82) is 0 Å². The van der Waals surface area contributed by atoms with Crippen LogP contribution in [-0.4, -0.2) is 6.65 Å². The van der Waals surface area contributed by atoms with E-state index < -0.39 is 33.1 Å². The zero-order chi connectivity index (χ0) is 21.7. The minimum absolute atomic E-state index is 0.566. The third-order valence-electron chi connectivity index (χ3n) is 7.20. The number of hydrogen-bond donors (Lipinski definition) is 0. The van der Waals surface area contributed by atoms with Crippen molar-refractivity contribution >= 4 is 18.8 Å². The molecule has 2 atom stereocenters. The van der Waals surface area contributed by atoms with Crippen LogP contribution in [0, 0.1) is 0 Å². The third-order valence-corrected chi connectivity index (χ3v) is 32.3. The summed E-state index contributed by atoms with van der Waals surface area (Å²) in [5, 5.41) is 0. The molecule has 0 radical (unpaired) electrons. The maximum absolute atomic E-state index is 18.0. The predicted octanol–water partition coefficient (Wildman–Crippen LogP) is 7.05. The molecule has 0 saturated heterocycles. The van der Waals surface area contributed by atoms with Gasteiger partial charge in [-0.05, 0) is 0 Å². The van der Waals surface area contributed by atoms with Gasteiger partial charge in [0, 0.05) is 0 Å². The fourth-order valence-corrected chi connectivity index (χ4v) is 34.2. The molecule has 0 aromatic heterocycles. The summed E-state index contributed by atoms with van der Waals surface area (Å²) in [6.45, 7) is 2.20. The Balaban J connectivity index is 1.69. The Kier molecular flexibility index (Phi) is 5.14. The summed E-state index contributed by atoms with van der Waals surface area (Å²) in [5.74, 6) is 0. The summed E-state index contributed by atoms with van der Waals surface area (Å²) in [7, 11) is 0. The number of rotatable bonds is 5. The molecular formula is C27H27F2SiZr. The molecule has 0 N–H and O–H groups in total. The van der Waals surface area contributed by atoms with Crippen LogP contribution in [0.25, 0.3) is 12.2 Å². The SMILES string of the molecule is CC1=Cc2ccccc2[CH]1[Zr]([F])([F])([SiH2]Cc1ccccc1)[CH]1C(C)=Cc2ccccc21. The first-order valence-corrected chi connectivity index (χ1v) is 22.7. The molecule has 0 bridgehead atoms. The van der Waals surface area contributed by atoms with Crippen LogP contribution in [-0.2, 0) is 25.2 Å². The molecule has 4 heteroatoms. The van der Waals surface area contributed by atoms with Crippen LogP contribution in [0.2, 0.25) is 0 Å². The normalized spacial score (nSPS) is 21.4. The van der Waals surface area contributed by atoms with Gasteiger partial charge in [-0.15, -0.1) is 0 Å². The molecule has 0 aliphatic heterocycles. The third kappa shape index (κ3) is 3.39. The zero-order valence-corrected chi connectivity index (χ0v) is 21.9. The second-order valence-corrected chi connectivity index (χ2v) is 31.4. The summed E-state index contributed by atoms with van der Waals surface area (Å²) in [6, 6.07) is 26.2. The van der Waals surface area contributed by atoms with Gasteiger partial charge in [-0.1, -0.05) is 0 Å². The summed E-state index contributed by atoms with van der Waals surface area (Å²) in [5.41, 5.74) is 6.51. The summed E-state index contributed by atoms with van der Waals surface area (Å²) in [6.07, 6.45) is 4.03. The van der Waals surface area contributed by atoms with Crippen molar-refractivity contribution in [3.05, 3.63) is 118 Å². The molecule has 3 aromatic carbocycles. The molecule has 0 saturated carbocycles. The minimum atomic E-state index is -6.39. The van der Waals surface area contributed by atoms with Gasteiger partial charge in [0.1, 0.15) is 0 Å². The maximum atomic E-state index is 18.0. The standard InChI is InChI=1S/2C10H9.C7H9Si.2FH.Zr/c2*1-8-6-9-4-2-3-5-10(9)7-8;8-6-7-4-2-1-3-5-7;;;/h2*2-7H,1H3;1-5H,6,8H2;2*1H;/q;;;;;+2/p-2. The van der Waals surface area contributed by atoms with E-state index in [9.17, 15) is 0 Å². The average molecular weight is 509 g/mol. The van der Waals surface area contributed by atoms with Crippen molar-refractivity contribution in [2.24, 2.45) is 0 Å². The van der Waals surface area contributed by atoms with Gasteiger partial charge < -0.3 is 0 Å². The molecule has 0 spiro atoms. The number of hydrogen-bond acceptors (Lipinski definition) is 0. The number of allylic oxidation sites excluding steroid dienone is 2. The van der Waals surface area contributed by atoms with E-state index in [4.69, 9.17) is 0 Å². The molecule has 0 amide bonds. The molecule has 31 heavy (non-hydrogen) atoms. The van der Waals surface area contributed by atoms with Crippen LogP contribution in [0.3, 0.4) is 0 Å². The fourth-order valence-electron chi connectivity index (χ4n) is 6.01. The van der Waals surface area contributed by atoms with Gasteiger partial charge in [0.05, 0.1) is 0 Å². The first-order chi connectivity index (χ1) is 14.9. The summed E-state index contributed by atoms with van der Waals surface area (Å²) >= 11 is -6.39. The van der Waals surface area contributed by atoms with Crippen LogP contribution >= 0.6 is 0 Å². The van der Waals surface area contributed by atoms with E-state index in [0.29, 0.717) is 6.04 Å². The Morgan fingerprint density at radius 1 is 0.677 bits per heavy atom. The van der Waals surface area contributed by atoms with Crippen LogP contribution in [0.1, 0.15) is 48.9 Å². The van der Waals surface area contributed by atoms with E-state index >= 15 is 5.25 Å². The second kappa shape index (κ2) is 7.60. The van der Waals surface area contributed by atoms with Crippen molar-refractivity contribution < 1.29 is 24.4 Å². The van der Waals surface area contributed by atoms with Crippen molar-refractivity contribution in [3.8, 4) is 0 Å². The van der Waals surface area contributed by atoms with Gasteiger partial charge in [-0.3, -0.25) is 0 Å². The quantitative estimate of drug-likeness (QED) is 0.324. The molecule has 157 valence electrons. The summed E-state index contributed by atoms with van der Waals surface area (Å²) in [4.78, 5) is 0. The molecule has 2 unspecified atom stereocenters. The molecular weight excluding hydrogens is 482 g/mol. The predicted molar refractivity (Wildman–Crippen MR) is 127 cm³/mol. The van der Waals surface area contributed by atoms with Gasteiger partial charge in [-0.25, -0.2) is 0 Å². The molecule has 2 aliphatic carbocycles. The number of benzene rings is 3. The van der Waals surface area contributed by atoms with Crippen molar-refractivity contribution in [2.75, 3.05) is 0 Å². The van der Waals surface area contributed by atoms with Crippen LogP contribution in [0.15, 0.2) is 90.0 Å². The van der Waals surface area contributed by atoms with E-state index in [1.54, 1.807) is 0 Å². The Morgan fingerprint density at radius 2 is 1.13 bits per heavy atom. The van der Waals surface area contributed by atoms with Crippen LogP contribution < -0.4 is 0 Å². The van der Waals surface area contributed by atoms with Gasteiger partial charge in [0.15, 0.2) is 0 Å². The Hall–Kier alpha value is -1.90. The van der Waals surface area contributed by atoms with E-state index in [0.717, 1.165) is 39.0 Å². The summed E-state index contributed by atoms with van der Waals surface area (Å²) < 4.78 is 34.6. The van der Waals surface area contributed by atoms with Gasteiger partial charge in [-0.2, -0.15) is 0 Å². The fraction of sp³-hybridized carbons (Fsp3) is 0.185. The van der Waals surface area contributed by atoms with E-state index in [2.05, 4.69) is 0 Å². The Morgan fingerprint density at radius 3 is 1.65 bits per heavy atom. The van der Waals surface area contributed by atoms with Crippen LogP contribution in [0.4, 0.5) is 5.25 Å². The molecule has 0 nitrogen and oxygen atoms in total. The first-order valence-electron chi connectivity index (χ1n) is 11.0. The molecule has 5 rings (SSSR count). The van der Waals surface area contributed by atoms with E-state index in [1.165, 1.54) is 0 Å². The van der Waals surface area contributed by atoms with E-state index in [-0.39, 0.29) is 0 Å². The average Bonchev–Trinajstić information content (AvgIpc) is 3.29. The molecule has 0 heterocycles. The number of fused-ring (bicyclic) bond motifs is 2. The Labute approximate surface area is 187 Å². The monoisotopic (exact) mass is 507 g/mol. The van der Waals surface area contributed by atoms with E-state index in [1.807, 2.05) is 105 Å². The van der Waals surface area contributed by atoms with Gasteiger partial charge in [0.25, 0.3) is 0 Å². The molecule has 0 fully saturated rings. The Bertz CT molecular complexity index is 1140. The molecule has 3 aromatic rings. The molecule has 2 aliphatic rings. The van der Waals surface area contributed by atoms with Crippen LogP contribution in [0.5, 0.6) is 0 Å². The van der Waals surface area contributed by atoms with Crippen molar-refractivity contribution in [2.45, 2.75) is 27.1 Å². The van der Waals surface area contributed by atoms with Crippen molar-refractivity contribution in [1.82, 2.24) is 0 Å². The first kappa shape index (κ1) is 21.0. The second-order valence-electron chi connectivity index (χ2n) is 9.24. The van der Waals surface area contributed by atoms with Gasteiger partial charge in [0.2, 0.25) is 0 Å². The number of halogens is 2. The zero-order valence-electron chi connectivity index (χ0n) is 18.0. The van der Waals surface area contributed by atoms with Gasteiger partial charge >= 0.3 is 188 Å².